The lowest BCUT2D eigenvalue weighted by Gasteiger charge is -2.15. The summed E-state index contributed by atoms with van der Waals surface area (Å²) >= 11 is 3.49. The quantitative estimate of drug-likeness (QED) is 0.833. The van der Waals surface area contributed by atoms with E-state index in [1.54, 1.807) is 0 Å². The summed E-state index contributed by atoms with van der Waals surface area (Å²) in [7, 11) is 0. The van der Waals surface area contributed by atoms with Gasteiger partial charge in [-0.15, -0.1) is 0 Å². The summed E-state index contributed by atoms with van der Waals surface area (Å²) in [5.74, 6) is 0. The van der Waals surface area contributed by atoms with Crippen LogP contribution in [0.5, 0.6) is 0 Å². The van der Waals surface area contributed by atoms with Crippen LogP contribution in [-0.2, 0) is 4.74 Å². The van der Waals surface area contributed by atoms with Crippen LogP contribution in [0.2, 0.25) is 0 Å². The molecular weight excluding hydrogens is 242 g/mol. The van der Waals surface area contributed by atoms with Crippen LogP contribution in [-0.4, -0.2) is 19.8 Å². The van der Waals surface area contributed by atoms with Crippen LogP contribution >= 0.6 is 15.9 Å². The van der Waals surface area contributed by atoms with Gasteiger partial charge in [0.2, 0.25) is 0 Å². The van der Waals surface area contributed by atoms with Gasteiger partial charge in [0.1, 0.15) is 0 Å². The Labute approximate surface area is 92.8 Å². The van der Waals surface area contributed by atoms with E-state index < -0.39 is 0 Å². The van der Waals surface area contributed by atoms with Gasteiger partial charge in [0.15, 0.2) is 0 Å². The first-order chi connectivity index (χ1) is 6.86. The monoisotopic (exact) mass is 255 g/mol. The molecule has 1 aliphatic heterocycles. The van der Waals surface area contributed by atoms with Crippen LogP contribution in [0.3, 0.4) is 0 Å². The third-order valence-electron chi connectivity index (χ3n) is 2.44. The number of ether oxygens (including phenoxy) is 1. The summed E-state index contributed by atoms with van der Waals surface area (Å²) in [5.41, 5.74) is 1.34. The molecule has 3 heteroatoms. The van der Waals surface area contributed by atoms with E-state index in [1.807, 2.05) is 0 Å². The Bertz CT molecular complexity index is 295. The van der Waals surface area contributed by atoms with Crippen LogP contribution in [0.4, 0.5) is 0 Å². The van der Waals surface area contributed by atoms with E-state index in [0.717, 1.165) is 30.7 Å². The first-order valence-electron chi connectivity index (χ1n) is 4.93. The minimum atomic E-state index is 0.440. The topological polar surface area (TPSA) is 21.3 Å². The molecule has 1 aromatic rings. The standard InChI is InChI=1S/C11H14BrNO/c12-10-3-1-2-9(8-10)11-4-6-14-7-5-13-11/h1-3,8,11,13H,4-7H2. The molecule has 76 valence electrons. The molecule has 1 aromatic carbocycles. The van der Waals surface area contributed by atoms with Gasteiger partial charge in [-0.2, -0.15) is 0 Å². The number of hydrogen-bond acceptors (Lipinski definition) is 2. The Kier molecular flexibility index (Phi) is 3.56. The third kappa shape index (κ3) is 2.56. The number of halogens is 1. The molecule has 2 nitrogen and oxygen atoms in total. The fraction of sp³-hybridized carbons (Fsp3) is 0.455. The highest BCUT2D eigenvalue weighted by Crippen LogP contribution is 2.21. The number of hydrogen-bond donors (Lipinski definition) is 1. The summed E-state index contributed by atoms with van der Waals surface area (Å²) < 4.78 is 6.54. The first kappa shape index (κ1) is 10.1. The zero-order chi connectivity index (χ0) is 9.80. The second-order valence-electron chi connectivity index (χ2n) is 3.46. The molecule has 1 saturated heterocycles. The Morgan fingerprint density at radius 3 is 3.14 bits per heavy atom. The fourth-order valence-corrected chi connectivity index (χ4v) is 2.14. The van der Waals surface area contributed by atoms with E-state index in [9.17, 15) is 0 Å². The Hall–Kier alpha value is -0.380. The van der Waals surface area contributed by atoms with Crippen molar-refractivity contribution < 1.29 is 4.74 Å². The molecule has 0 radical (unpaired) electrons. The lowest BCUT2D eigenvalue weighted by atomic mass is 10.0. The first-order valence-corrected chi connectivity index (χ1v) is 5.72. The molecule has 0 spiro atoms. The molecule has 1 heterocycles. The predicted octanol–water partition coefficient (Wildman–Crippen LogP) is 2.50. The van der Waals surface area contributed by atoms with Crippen molar-refractivity contribution in [2.75, 3.05) is 19.8 Å². The molecule has 2 rings (SSSR count). The molecule has 0 aromatic heterocycles. The average molecular weight is 256 g/mol. The summed E-state index contributed by atoms with van der Waals surface area (Å²) in [5, 5.41) is 3.48. The van der Waals surface area contributed by atoms with Gasteiger partial charge in [-0.25, -0.2) is 0 Å². The van der Waals surface area contributed by atoms with Crippen molar-refractivity contribution in [3.8, 4) is 0 Å². The van der Waals surface area contributed by atoms with Gasteiger partial charge in [-0.1, -0.05) is 28.1 Å². The van der Waals surface area contributed by atoms with Gasteiger partial charge in [-0.3, -0.25) is 0 Å². The second kappa shape index (κ2) is 4.91. The SMILES string of the molecule is Brc1cccc(C2CCOCCN2)c1. The van der Waals surface area contributed by atoms with E-state index in [4.69, 9.17) is 4.74 Å². The van der Waals surface area contributed by atoms with Crippen molar-refractivity contribution in [3.05, 3.63) is 34.3 Å². The smallest absolute Gasteiger partial charge is 0.0591 e. The maximum atomic E-state index is 5.40. The van der Waals surface area contributed by atoms with Crippen molar-refractivity contribution in [1.82, 2.24) is 5.32 Å². The highest BCUT2D eigenvalue weighted by Gasteiger charge is 2.13. The highest BCUT2D eigenvalue weighted by molar-refractivity contribution is 9.10. The maximum Gasteiger partial charge on any atom is 0.0591 e. The summed E-state index contributed by atoms with van der Waals surface area (Å²) in [6, 6.07) is 8.90. The molecule has 0 bridgehead atoms. The van der Waals surface area contributed by atoms with E-state index in [0.29, 0.717) is 6.04 Å². The van der Waals surface area contributed by atoms with Gasteiger partial charge in [0.05, 0.1) is 6.61 Å². The molecule has 0 saturated carbocycles. The van der Waals surface area contributed by atoms with Crippen molar-refractivity contribution in [3.63, 3.8) is 0 Å². The van der Waals surface area contributed by atoms with E-state index in [2.05, 4.69) is 45.5 Å². The second-order valence-corrected chi connectivity index (χ2v) is 4.38. The van der Waals surface area contributed by atoms with E-state index in [1.165, 1.54) is 5.56 Å². The fourth-order valence-electron chi connectivity index (χ4n) is 1.72. The van der Waals surface area contributed by atoms with Crippen LogP contribution < -0.4 is 5.32 Å². The van der Waals surface area contributed by atoms with Crippen LogP contribution in [0.25, 0.3) is 0 Å². The van der Waals surface area contributed by atoms with Gasteiger partial charge in [-0.05, 0) is 24.1 Å². The van der Waals surface area contributed by atoms with Gasteiger partial charge in [0.25, 0.3) is 0 Å². The normalized spacial score (nSPS) is 23.1. The number of benzene rings is 1. The maximum absolute atomic E-state index is 5.40. The Balaban J connectivity index is 2.12. The van der Waals surface area contributed by atoms with Crippen LogP contribution in [0.15, 0.2) is 28.7 Å². The van der Waals surface area contributed by atoms with Crippen molar-refractivity contribution in [1.29, 1.82) is 0 Å². The van der Waals surface area contributed by atoms with Gasteiger partial charge in [0, 0.05) is 23.7 Å². The highest BCUT2D eigenvalue weighted by atomic mass is 79.9. The minimum absolute atomic E-state index is 0.440. The van der Waals surface area contributed by atoms with Crippen LogP contribution in [0, 0.1) is 0 Å². The number of nitrogens with one attached hydrogen (secondary N) is 1. The predicted molar refractivity (Wildman–Crippen MR) is 60.3 cm³/mol. The van der Waals surface area contributed by atoms with E-state index in [-0.39, 0.29) is 0 Å². The largest absolute Gasteiger partial charge is 0.380 e. The molecule has 1 aliphatic rings. The van der Waals surface area contributed by atoms with Crippen molar-refractivity contribution >= 4 is 15.9 Å². The zero-order valence-electron chi connectivity index (χ0n) is 8.00. The zero-order valence-corrected chi connectivity index (χ0v) is 9.59. The molecule has 1 N–H and O–H groups in total. The molecular formula is C11H14BrNO. The Morgan fingerprint density at radius 1 is 1.36 bits per heavy atom. The lowest BCUT2D eigenvalue weighted by Crippen LogP contribution is -2.21. The van der Waals surface area contributed by atoms with Crippen molar-refractivity contribution in [2.24, 2.45) is 0 Å². The third-order valence-corrected chi connectivity index (χ3v) is 2.93. The van der Waals surface area contributed by atoms with Gasteiger partial charge >= 0.3 is 0 Å². The van der Waals surface area contributed by atoms with Crippen LogP contribution in [0.1, 0.15) is 18.0 Å². The number of rotatable bonds is 1. The lowest BCUT2D eigenvalue weighted by molar-refractivity contribution is 0.150. The summed E-state index contributed by atoms with van der Waals surface area (Å²) in [6.45, 7) is 2.62. The molecule has 0 aliphatic carbocycles. The summed E-state index contributed by atoms with van der Waals surface area (Å²) in [6.07, 6.45) is 1.05. The average Bonchev–Trinajstić information content (AvgIpc) is 2.45. The van der Waals surface area contributed by atoms with Crippen molar-refractivity contribution in [2.45, 2.75) is 12.5 Å². The Morgan fingerprint density at radius 2 is 2.29 bits per heavy atom. The molecule has 0 amide bonds. The minimum Gasteiger partial charge on any atom is -0.380 e. The van der Waals surface area contributed by atoms with Gasteiger partial charge < -0.3 is 10.1 Å². The molecule has 1 atom stereocenters. The molecule has 1 unspecified atom stereocenters. The van der Waals surface area contributed by atoms with E-state index >= 15 is 0 Å². The molecule has 14 heavy (non-hydrogen) atoms. The summed E-state index contributed by atoms with van der Waals surface area (Å²) in [4.78, 5) is 0. The molecule has 1 fully saturated rings.